The molecule has 118 valence electrons. The normalized spacial score (nSPS) is 12.8. The van der Waals surface area contributed by atoms with Crippen molar-refractivity contribution in [1.82, 2.24) is 4.90 Å². The Morgan fingerprint density at radius 2 is 1.62 bits per heavy atom. The number of para-hydroxylation sites is 1. The second kappa shape index (κ2) is 7.45. The van der Waals surface area contributed by atoms with Crippen LogP contribution in [0.25, 0.3) is 0 Å². The molecule has 0 saturated heterocycles. The number of hydrogen-bond acceptors (Lipinski definition) is 3. The molecule has 0 unspecified atom stereocenters. The predicted octanol–water partition coefficient (Wildman–Crippen LogP) is 2.10. The largest absolute Gasteiger partial charge is 0.341 e. The van der Waals surface area contributed by atoms with Gasteiger partial charge < -0.3 is 4.90 Å². The van der Waals surface area contributed by atoms with Gasteiger partial charge in [0.05, 0.1) is 11.9 Å². The molecular weight excluding hydrogens is 288 g/mol. The molecule has 1 rings (SSSR count). The lowest BCUT2D eigenvalue weighted by atomic mass is 10.1. The van der Waals surface area contributed by atoms with Crippen molar-refractivity contribution in [1.29, 1.82) is 0 Å². The highest BCUT2D eigenvalue weighted by Crippen LogP contribution is 2.23. The van der Waals surface area contributed by atoms with E-state index in [-0.39, 0.29) is 5.91 Å². The topological polar surface area (TPSA) is 57.7 Å². The maximum Gasteiger partial charge on any atom is 0.246 e. The molecule has 0 aliphatic rings. The fourth-order valence-electron chi connectivity index (χ4n) is 2.36. The van der Waals surface area contributed by atoms with Crippen LogP contribution in [0, 0.1) is 0 Å². The van der Waals surface area contributed by atoms with Gasteiger partial charge in [0.1, 0.15) is 6.04 Å². The number of sulfonamides is 1. The first-order valence-electron chi connectivity index (χ1n) is 7.20. The van der Waals surface area contributed by atoms with Crippen molar-refractivity contribution in [2.45, 2.75) is 33.2 Å². The Bertz CT molecular complexity index is 554. The third-order valence-electron chi connectivity index (χ3n) is 3.40. The predicted molar refractivity (Wildman–Crippen MR) is 85.8 cm³/mol. The summed E-state index contributed by atoms with van der Waals surface area (Å²) >= 11 is 0. The molecule has 1 aromatic rings. The van der Waals surface area contributed by atoms with Gasteiger partial charge in [-0.15, -0.1) is 0 Å². The van der Waals surface area contributed by atoms with Crippen LogP contribution in [-0.4, -0.2) is 44.6 Å². The second-order valence-corrected chi connectivity index (χ2v) is 6.69. The van der Waals surface area contributed by atoms with Gasteiger partial charge in [-0.25, -0.2) is 8.42 Å². The molecule has 0 radical (unpaired) electrons. The molecule has 1 amide bonds. The first kappa shape index (κ1) is 17.5. The molecular formula is C15H24N2O3S. The quantitative estimate of drug-likeness (QED) is 0.775. The van der Waals surface area contributed by atoms with E-state index < -0.39 is 16.1 Å². The highest BCUT2D eigenvalue weighted by molar-refractivity contribution is 7.92. The van der Waals surface area contributed by atoms with E-state index in [1.807, 2.05) is 26.8 Å². The Kier molecular flexibility index (Phi) is 6.20. The molecule has 0 saturated carbocycles. The molecule has 1 aromatic carbocycles. The van der Waals surface area contributed by atoms with Gasteiger partial charge in [-0.1, -0.05) is 25.1 Å². The smallest absolute Gasteiger partial charge is 0.246 e. The lowest BCUT2D eigenvalue weighted by Gasteiger charge is -2.33. The Morgan fingerprint density at radius 1 is 1.10 bits per heavy atom. The second-order valence-electron chi connectivity index (χ2n) is 4.83. The third kappa shape index (κ3) is 4.20. The zero-order chi connectivity index (χ0) is 16.0. The molecule has 0 aliphatic heterocycles. The Morgan fingerprint density at radius 3 is 2.00 bits per heavy atom. The number of amides is 1. The standard InChI is InChI=1S/C15H24N2O3S/c1-5-14(15(18)16(6-2)7-3)17(21(4,19)20)13-11-9-8-10-12-13/h8-12,14H,5-7H2,1-4H3/t14-/m0/s1. The number of likely N-dealkylation sites (N-methyl/N-ethyl adjacent to an activating group) is 1. The zero-order valence-corrected chi connectivity index (χ0v) is 13.9. The van der Waals surface area contributed by atoms with E-state index in [4.69, 9.17) is 0 Å². The molecule has 0 heterocycles. The van der Waals surface area contributed by atoms with Crippen molar-refractivity contribution >= 4 is 21.6 Å². The van der Waals surface area contributed by atoms with Crippen LogP contribution in [0.15, 0.2) is 30.3 Å². The lowest BCUT2D eigenvalue weighted by Crippen LogP contribution is -2.50. The summed E-state index contributed by atoms with van der Waals surface area (Å²) in [7, 11) is -3.54. The van der Waals surface area contributed by atoms with E-state index in [1.165, 1.54) is 4.31 Å². The molecule has 0 fully saturated rings. The lowest BCUT2D eigenvalue weighted by molar-refractivity contribution is -0.132. The van der Waals surface area contributed by atoms with Gasteiger partial charge in [-0.05, 0) is 32.4 Å². The van der Waals surface area contributed by atoms with Crippen LogP contribution < -0.4 is 4.31 Å². The van der Waals surface area contributed by atoms with Crippen LogP contribution in [0.1, 0.15) is 27.2 Å². The molecule has 1 atom stereocenters. The van der Waals surface area contributed by atoms with Gasteiger partial charge in [0.15, 0.2) is 0 Å². The summed E-state index contributed by atoms with van der Waals surface area (Å²) in [6, 6.07) is 8.06. The van der Waals surface area contributed by atoms with Gasteiger partial charge in [0, 0.05) is 13.1 Å². The van der Waals surface area contributed by atoms with E-state index in [9.17, 15) is 13.2 Å². The fraction of sp³-hybridized carbons (Fsp3) is 0.533. The van der Waals surface area contributed by atoms with Crippen molar-refractivity contribution in [3.63, 3.8) is 0 Å². The summed E-state index contributed by atoms with van der Waals surface area (Å²) in [6.45, 7) is 6.74. The number of carbonyl (C=O) groups is 1. The number of benzene rings is 1. The molecule has 21 heavy (non-hydrogen) atoms. The van der Waals surface area contributed by atoms with E-state index in [2.05, 4.69) is 0 Å². The molecule has 6 heteroatoms. The molecule has 0 N–H and O–H groups in total. The molecule has 0 aromatic heterocycles. The van der Waals surface area contributed by atoms with Gasteiger partial charge in [-0.3, -0.25) is 9.10 Å². The molecule has 5 nitrogen and oxygen atoms in total. The van der Waals surface area contributed by atoms with Crippen LogP contribution in [0.4, 0.5) is 5.69 Å². The Balaban J connectivity index is 3.27. The van der Waals surface area contributed by atoms with Gasteiger partial charge >= 0.3 is 0 Å². The average Bonchev–Trinajstić information content (AvgIpc) is 2.45. The van der Waals surface area contributed by atoms with Crippen LogP contribution in [0.2, 0.25) is 0 Å². The van der Waals surface area contributed by atoms with Crippen LogP contribution in [0.5, 0.6) is 0 Å². The summed E-state index contributed by atoms with van der Waals surface area (Å²) in [5.41, 5.74) is 0.521. The number of rotatable bonds is 7. The van der Waals surface area contributed by atoms with Gasteiger partial charge in [0.2, 0.25) is 15.9 Å². The van der Waals surface area contributed by atoms with Gasteiger partial charge in [0.25, 0.3) is 0 Å². The molecule has 0 aliphatic carbocycles. The highest BCUT2D eigenvalue weighted by Gasteiger charge is 2.33. The van der Waals surface area contributed by atoms with E-state index in [0.717, 1.165) is 6.26 Å². The Hall–Kier alpha value is -1.56. The van der Waals surface area contributed by atoms with E-state index in [0.29, 0.717) is 25.2 Å². The SMILES string of the molecule is CC[C@@H](C(=O)N(CC)CC)N(c1ccccc1)S(C)(=O)=O. The molecule has 0 spiro atoms. The van der Waals surface area contributed by atoms with Crippen molar-refractivity contribution in [2.75, 3.05) is 23.7 Å². The highest BCUT2D eigenvalue weighted by atomic mass is 32.2. The summed E-state index contributed by atoms with van der Waals surface area (Å²) in [6.07, 6.45) is 1.56. The summed E-state index contributed by atoms with van der Waals surface area (Å²) in [5.74, 6) is -0.156. The Labute approximate surface area is 127 Å². The van der Waals surface area contributed by atoms with Gasteiger partial charge in [-0.2, -0.15) is 0 Å². The van der Waals surface area contributed by atoms with Crippen molar-refractivity contribution in [2.24, 2.45) is 0 Å². The first-order valence-corrected chi connectivity index (χ1v) is 9.04. The summed E-state index contributed by atoms with van der Waals surface area (Å²) in [4.78, 5) is 14.3. The number of anilines is 1. The maximum absolute atomic E-state index is 12.6. The minimum atomic E-state index is -3.54. The number of hydrogen-bond donors (Lipinski definition) is 0. The number of nitrogens with zero attached hydrogens (tertiary/aromatic N) is 2. The zero-order valence-electron chi connectivity index (χ0n) is 13.1. The minimum Gasteiger partial charge on any atom is -0.341 e. The minimum absolute atomic E-state index is 0.156. The van der Waals surface area contributed by atoms with Crippen molar-refractivity contribution in [3.8, 4) is 0 Å². The van der Waals surface area contributed by atoms with E-state index in [1.54, 1.807) is 29.2 Å². The monoisotopic (exact) mass is 312 g/mol. The van der Waals surface area contributed by atoms with Crippen molar-refractivity contribution in [3.05, 3.63) is 30.3 Å². The van der Waals surface area contributed by atoms with Crippen LogP contribution >= 0.6 is 0 Å². The molecule has 0 bridgehead atoms. The van der Waals surface area contributed by atoms with Crippen LogP contribution in [0.3, 0.4) is 0 Å². The fourth-order valence-corrected chi connectivity index (χ4v) is 3.57. The van der Waals surface area contributed by atoms with Crippen LogP contribution in [-0.2, 0) is 14.8 Å². The summed E-state index contributed by atoms with van der Waals surface area (Å²) < 4.78 is 25.6. The third-order valence-corrected chi connectivity index (χ3v) is 4.58. The average molecular weight is 312 g/mol. The van der Waals surface area contributed by atoms with E-state index >= 15 is 0 Å². The summed E-state index contributed by atoms with van der Waals surface area (Å²) in [5, 5.41) is 0. The first-order chi connectivity index (χ1) is 9.86. The number of carbonyl (C=O) groups excluding carboxylic acids is 1. The van der Waals surface area contributed by atoms with Crippen molar-refractivity contribution < 1.29 is 13.2 Å². The maximum atomic E-state index is 12.6.